The topological polar surface area (TPSA) is 73.2 Å². The zero-order valence-electron chi connectivity index (χ0n) is 17.2. The van der Waals surface area contributed by atoms with Crippen molar-refractivity contribution in [2.75, 3.05) is 10.2 Å². The van der Waals surface area contributed by atoms with Crippen LogP contribution in [0.3, 0.4) is 0 Å². The molecule has 1 atom stereocenters. The number of nitrogens with one attached hydrogen (secondary N) is 1. The molecule has 164 valence electrons. The summed E-state index contributed by atoms with van der Waals surface area (Å²) in [4.78, 5) is 27.9. The minimum absolute atomic E-state index is 0.120. The molecule has 1 saturated heterocycles. The lowest BCUT2D eigenvalue weighted by Crippen LogP contribution is -2.30. The molecule has 1 aliphatic heterocycles. The van der Waals surface area contributed by atoms with E-state index in [1.165, 1.54) is 16.7 Å². The molecule has 4 rings (SSSR count). The highest BCUT2D eigenvalue weighted by atomic mass is 79.9. The number of benzene rings is 3. The van der Waals surface area contributed by atoms with Crippen LogP contribution in [-0.4, -0.2) is 17.1 Å². The van der Waals surface area contributed by atoms with Crippen molar-refractivity contribution < 1.29 is 9.59 Å². The molecule has 0 spiro atoms. The highest BCUT2D eigenvalue weighted by Gasteiger charge is 2.40. The van der Waals surface area contributed by atoms with E-state index < -0.39 is 11.2 Å². The molecule has 0 aromatic heterocycles. The molecule has 1 aliphatic rings. The molecule has 5 nitrogen and oxygen atoms in total. The zero-order chi connectivity index (χ0) is 23.4. The summed E-state index contributed by atoms with van der Waals surface area (Å²) in [5, 5.41) is 13.0. The van der Waals surface area contributed by atoms with Gasteiger partial charge in [0.05, 0.1) is 5.25 Å². The number of rotatable bonds is 5. The van der Waals surface area contributed by atoms with Crippen LogP contribution in [0.25, 0.3) is 0 Å². The lowest BCUT2D eigenvalue weighted by atomic mass is 10.1. The third-order valence-electron chi connectivity index (χ3n) is 4.96. The summed E-state index contributed by atoms with van der Waals surface area (Å²) in [6.07, 6.45) is 0.462. The highest BCUT2D eigenvalue weighted by molar-refractivity contribution is 9.10. The Hall–Kier alpha value is -3.05. The van der Waals surface area contributed by atoms with Crippen molar-refractivity contribution in [3.63, 3.8) is 0 Å². The van der Waals surface area contributed by atoms with Crippen LogP contribution in [-0.2, 0) is 16.0 Å². The molecule has 3 aromatic rings. The molecule has 2 amide bonds. The Balaban J connectivity index is 1.72. The summed E-state index contributed by atoms with van der Waals surface area (Å²) in [6, 6.07) is 25.4. The summed E-state index contributed by atoms with van der Waals surface area (Å²) >= 11 is 10.7. The number of nitriles is 1. The molecular weight excluding hydrogens is 522 g/mol. The Morgan fingerprint density at radius 1 is 1.06 bits per heavy atom. The first-order valence-electron chi connectivity index (χ1n) is 9.97. The summed E-state index contributed by atoms with van der Waals surface area (Å²) in [5.41, 5.74) is 1.97. The van der Waals surface area contributed by atoms with E-state index in [0.29, 0.717) is 27.8 Å². The van der Waals surface area contributed by atoms with Gasteiger partial charge in [-0.2, -0.15) is 5.26 Å². The number of anilines is 2. The van der Waals surface area contributed by atoms with E-state index in [0.717, 1.165) is 10.0 Å². The van der Waals surface area contributed by atoms with Crippen molar-refractivity contribution >= 4 is 62.5 Å². The van der Waals surface area contributed by atoms with Gasteiger partial charge in [0.1, 0.15) is 16.7 Å². The first-order chi connectivity index (χ1) is 16.0. The van der Waals surface area contributed by atoms with E-state index in [1.54, 1.807) is 48.5 Å². The van der Waals surface area contributed by atoms with E-state index in [9.17, 15) is 14.9 Å². The van der Waals surface area contributed by atoms with Gasteiger partial charge in [0.2, 0.25) is 5.91 Å². The molecule has 0 unspecified atom stereocenters. The third-order valence-corrected chi connectivity index (χ3v) is 7.00. The van der Waals surface area contributed by atoms with Gasteiger partial charge in [0.15, 0.2) is 0 Å². The monoisotopic (exact) mass is 537 g/mol. The summed E-state index contributed by atoms with van der Waals surface area (Å²) in [5.74, 6) is -0.761. The lowest BCUT2D eigenvalue weighted by Gasteiger charge is -2.19. The Morgan fingerprint density at radius 3 is 2.36 bits per heavy atom. The van der Waals surface area contributed by atoms with Crippen LogP contribution in [0.1, 0.15) is 5.56 Å². The van der Waals surface area contributed by atoms with Crippen molar-refractivity contribution in [2.45, 2.75) is 11.7 Å². The second-order valence-electron chi connectivity index (χ2n) is 7.20. The predicted molar refractivity (Wildman–Crippen MR) is 136 cm³/mol. The Labute approximate surface area is 209 Å². The predicted octanol–water partition coefficient (Wildman–Crippen LogP) is 6.17. The number of thioether (sulfide) groups is 1. The molecule has 0 saturated carbocycles. The molecule has 0 aliphatic carbocycles. The van der Waals surface area contributed by atoms with Gasteiger partial charge in [0, 0.05) is 20.9 Å². The number of carbonyl (C=O) groups is 2. The van der Waals surface area contributed by atoms with Gasteiger partial charge in [-0.3, -0.25) is 14.5 Å². The molecular formula is C25H17BrClN3O2S. The number of para-hydroxylation sites is 1. The Kier molecular flexibility index (Phi) is 7.19. The number of hydrogen-bond acceptors (Lipinski definition) is 4. The molecule has 1 fully saturated rings. The van der Waals surface area contributed by atoms with E-state index in [2.05, 4.69) is 21.2 Å². The van der Waals surface area contributed by atoms with Gasteiger partial charge in [-0.05, 0) is 60.5 Å². The summed E-state index contributed by atoms with van der Waals surface area (Å²) in [6.45, 7) is 0. The third kappa shape index (κ3) is 5.31. The smallest absolute Gasteiger partial charge is 0.269 e. The number of amides is 2. The average Bonchev–Trinajstić information content (AvgIpc) is 3.12. The van der Waals surface area contributed by atoms with Crippen molar-refractivity contribution in [3.8, 4) is 6.07 Å². The van der Waals surface area contributed by atoms with Gasteiger partial charge < -0.3 is 5.32 Å². The molecule has 3 aromatic carbocycles. The normalized spacial score (nSPS) is 16.9. The summed E-state index contributed by atoms with van der Waals surface area (Å²) < 4.78 is 0.948. The fourth-order valence-electron chi connectivity index (χ4n) is 3.36. The van der Waals surface area contributed by atoms with Crippen molar-refractivity contribution in [2.24, 2.45) is 0 Å². The van der Waals surface area contributed by atoms with E-state index in [-0.39, 0.29) is 11.5 Å². The van der Waals surface area contributed by atoms with Gasteiger partial charge in [-0.25, -0.2) is 0 Å². The minimum Gasteiger partial charge on any atom is -0.321 e. The van der Waals surface area contributed by atoms with Crippen LogP contribution < -0.4 is 10.2 Å². The number of hydrogen-bond donors (Lipinski definition) is 1. The SMILES string of the molecule is N#C/C(C(=O)Nc1ccccc1)=C1/S[C@@H](Cc2ccc(Br)cc2)C(=O)N1c1ccc(Cl)cc1. The van der Waals surface area contributed by atoms with E-state index in [4.69, 9.17) is 11.6 Å². The van der Waals surface area contributed by atoms with Crippen LogP contribution >= 0.6 is 39.3 Å². The molecule has 1 heterocycles. The zero-order valence-corrected chi connectivity index (χ0v) is 20.3. The molecule has 8 heteroatoms. The number of halogens is 2. The maximum atomic E-state index is 13.5. The van der Waals surface area contributed by atoms with Crippen LogP contribution in [0.5, 0.6) is 0 Å². The Bertz CT molecular complexity index is 1260. The van der Waals surface area contributed by atoms with E-state index >= 15 is 0 Å². The average molecular weight is 539 g/mol. The minimum atomic E-state index is -0.567. The van der Waals surface area contributed by atoms with Crippen molar-refractivity contribution in [3.05, 3.63) is 105 Å². The second-order valence-corrected chi connectivity index (χ2v) is 9.74. The first-order valence-corrected chi connectivity index (χ1v) is 12.0. The molecule has 33 heavy (non-hydrogen) atoms. The first kappa shape index (κ1) is 23.1. The largest absolute Gasteiger partial charge is 0.321 e. The Morgan fingerprint density at radius 2 is 1.73 bits per heavy atom. The van der Waals surface area contributed by atoms with Gasteiger partial charge in [0.25, 0.3) is 5.91 Å². The summed E-state index contributed by atoms with van der Waals surface area (Å²) in [7, 11) is 0. The van der Waals surface area contributed by atoms with Crippen LogP contribution in [0.15, 0.2) is 93.9 Å². The van der Waals surface area contributed by atoms with Gasteiger partial charge in [-0.1, -0.05) is 69.6 Å². The van der Waals surface area contributed by atoms with E-state index in [1.807, 2.05) is 36.4 Å². The quantitative estimate of drug-likeness (QED) is 0.312. The fraction of sp³-hybridized carbons (Fsp3) is 0.0800. The fourth-order valence-corrected chi connectivity index (χ4v) is 5.06. The van der Waals surface area contributed by atoms with Crippen molar-refractivity contribution in [1.82, 2.24) is 0 Å². The number of carbonyl (C=O) groups excluding carboxylic acids is 2. The molecule has 0 bridgehead atoms. The van der Waals surface area contributed by atoms with Crippen LogP contribution in [0.4, 0.5) is 11.4 Å². The highest BCUT2D eigenvalue weighted by Crippen LogP contribution is 2.42. The van der Waals surface area contributed by atoms with Gasteiger partial charge >= 0.3 is 0 Å². The maximum Gasteiger partial charge on any atom is 0.269 e. The molecule has 0 radical (unpaired) electrons. The maximum absolute atomic E-state index is 13.5. The lowest BCUT2D eigenvalue weighted by molar-refractivity contribution is -0.117. The van der Waals surface area contributed by atoms with Gasteiger partial charge in [-0.15, -0.1) is 0 Å². The standard InChI is InChI=1S/C25H17BrClN3O2S/c26-17-8-6-16(7-9-17)14-22-24(32)30(20-12-10-18(27)11-13-20)25(33-22)21(15-28)23(31)29-19-4-2-1-3-5-19/h1-13,22H,14H2,(H,29,31)/b25-21-/t22-/m0/s1. The second kappa shape index (κ2) is 10.3. The number of nitrogens with zero attached hydrogens (tertiary/aromatic N) is 2. The van der Waals surface area contributed by atoms with Crippen molar-refractivity contribution in [1.29, 1.82) is 5.26 Å². The van der Waals surface area contributed by atoms with Crippen LogP contribution in [0.2, 0.25) is 5.02 Å². The molecule has 1 N–H and O–H groups in total. The van der Waals surface area contributed by atoms with Crippen LogP contribution in [0, 0.1) is 11.3 Å².